The van der Waals surface area contributed by atoms with Crippen LogP contribution in [0, 0.1) is 0 Å². The molecule has 0 fully saturated rings. The lowest BCUT2D eigenvalue weighted by Crippen LogP contribution is -2.39. The summed E-state index contributed by atoms with van der Waals surface area (Å²) in [4.78, 5) is 24.4. The fourth-order valence-electron chi connectivity index (χ4n) is 1.70. The predicted molar refractivity (Wildman–Crippen MR) is 53.8 cm³/mol. The van der Waals surface area contributed by atoms with E-state index in [0.29, 0.717) is 11.3 Å². The molecule has 0 bridgehead atoms. The van der Waals surface area contributed by atoms with Gasteiger partial charge in [0.2, 0.25) is 5.91 Å². The lowest BCUT2D eigenvalue weighted by Gasteiger charge is -2.24. The Balaban J connectivity index is 2.60. The van der Waals surface area contributed by atoms with E-state index >= 15 is 0 Å². The molecule has 0 spiro atoms. The SMILES string of the molecule is COc1cccc2c1C(=O)N(C)C(=O)C2. The molecule has 1 aliphatic rings. The number of amides is 2. The van der Waals surface area contributed by atoms with E-state index in [1.807, 2.05) is 0 Å². The zero-order valence-corrected chi connectivity index (χ0v) is 8.61. The standard InChI is InChI=1S/C11H11NO3/c1-12-9(13)6-7-4-3-5-8(15-2)10(7)11(12)14/h3-5H,6H2,1-2H3. The number of hydrogen-bond donors (Lipinski definition) is 0. The normalized spacial score (nSPS) is 15.2. The van der Waals surface area contributed by atoms with E-state index in [9.17, 15) is 9.59 Å². The molecule has 15 heavy (non-hydrogen) atoms. The molecular weight excluding hydrogens is 194 g/mol. The van der Waals surface area contributed by atoms with E-state index in [0.717, 1.165) is 10.5 Å². The van der Waals surface area contributed by atoms with Crippen molar-refractivity contribution in [3.63, 3.8) is 0 Å². The van der Waals surface area contributed by atoms with Crippen LogP contribution in [0.5, 0.6) is 5.75 Å². The number of likely N-dealkylation sites (N-methyl/N-ethyl adjacent to an activating group) is 1. The van der Waals surface area contributed by atoms with Gasteiger partial charge in [-0.15, -0.1) is 0 Å². The van der Waals surface area contributed by atoms with Gasteiger partial charge in [0.15, 0.2) is 0 Å². The van der Waals surface area contributed by atoms with Crippen LogP contribution >= 0.6 is 0 Å². The van der Waals surface area contributed by atoms with Gasteiger partial charge in [-0.25, -0.2) is 0 Å². The molecule has 78 valence electrons. The number of ether oxygens (including phenoxy) is 1. The summed E-state index contributed by atoms with van der Waals surface area (Å²) in [6, 6.07) is 5.28. The summed E-state index contributed by atoms with van der Waals surface area (Å²) in [6.45, 7) is 0. The summed E-state index contributed by atoms with van der Waals surface area (Å²) in [6.07, 6.45) is 0.259. The van der Waals surface area contributed by atoms with Crippen molar-refractivity contribution < 1.29 is 14.3 Å². The zero-order chi connectivity index (χ0) is 11.0. The van der Waals surface area contributed by atoms with Gasteiger partial charge in [0.05, 0.1) is 19.1 Å². The van der Waals surface area contributed by atoms with Crippen molar-refractivity contribution in [3.8, 4) is 5.75 Å². The highest BCUT2D eigenvalue weighted by atomic mass is 16.5. The Morgan fingerprint density at radius 3 is 2.73 bits per heavy atom. The third-order valence-corrected chi connectivity index (χ3v) is 2.57. The Morgan fingerprint density at radius 2 is 2.07 bits per heavy atom. The van der Waals surface area contributed by atoms with Gasteiger partial charge >= 0.3 is 0 Å². The first kappa shape index (κ1) is 9.71. The van der Waals surface area contributed by atoms with Crippen molar-refractivity contribution in [2.24, 2.45) is 0 Å². The molecule has 1 heterocycles. The molecular formula is C11H11NO3. The second-order valence-electron chi connectivity index (χ2n) is 3.43. The van der Waals surface area contributed by atoms with Crippen LogP contribution in [0.2, 0.25) is 0 Å². The molecule has 4 heteroatoms. The maximum atomic E-state index is 11.8. The van der Waals surface area contributed by atoms with Crippen molar-refractivity contribution in [2.75, 3.05) is 14.2 Å². The number of rotatable bonds is 1. The van der Waals surface area contributed by atoms with Crippen molar-refractivity contribution in [1.82, 2.24) is 4.90 Å². The number of carbonyl (C=O) groups is 2. The predicted octanol–water partition coefficient (Wildman–Crippen LogP) is 0.850. The molecule has 0 saturated heterocycles. The number of methoxy groups -OCH3 is 1. The lowest BCUT2D eigenvalue weighted by molar-refractivity contribution is -0.127. The van der Waals surface area contributed by atoms with Gasteiger partial charge in [-0.05, 0) is 11.6 Å². The Kier molecular flexibility index (Phi) is 2.19. The van der Waals surface area contributed by atoms with Gasteiger partial charge < -0.3 is 4.74 Å². The van der Waals surface area contributed by atoms with E-state index in [1.54, 1.807) is 18.2 Å². The molecule has 1 aliphatic heterocycles. The molecule has 2 amide bonds. The van der Waals surface area contributed by atoms with Crippen LogP contribution in [0.1, 0.15) is 15.9 Å². The first-order valence-corrected chi connectivity index (χ1v) is 4.62. The minimum atomic E-state index is -0.293. The van der Waals surface area contributed by atoms with Gasteiger partial charge in [-0.1, -0.05) is 12.1 Å². The number of carbonyl (C=O) groups excluding carboxylic acids is 2. The quantitative estimate of drug-likeness (QED) is 0.638. The van der Waals surface area contributed by atoms with Crippen LogP contribution in [-0.4, -0.2) is 30.9 Å². The van der Waals surface area contributed by atoms with Crippen LogP contribution < -0.4 is 4.74 Å². The maximum absolute atomic E-state index is 11.8. The fraction of sp³-hybridized carbons (Fsp3) is 0.273. The number of imide groups is 1. The van der Waals surface area contributed by atoms with Crippen LogP contribution in [-0.2, 0) is 11.2 Å². The zero-order valence-electron chi connectivity index (χ0n) is 8.61. The molecule has 0 radical (unpaired) electrons. The third kappa shape index (κ3) is 1.38. The largest absolute Gasteiger partial charge is 0.496 e. The summed E-state index contributed by atoms with van der Waals surface area (Å²) in [5.74, 6) is 0.0521. The van der Waals surface area contributed by atoms with Crippen LogP contribution in [0.15, 0.2) is 18.2 Å². The number of fused-ring (bicyclic) bond motifs is 1. The Morgan fingerprint density at radius 1 is 1.33 bits per heavy atom. The average Bonchev–Trinajstić information content (AvgIpc) is 2.25. The second-order valence-corrected chi connectivity index (χ2v) is 3.43. The summed E-state index contributed by atoms with van der Waals surface area (Å²) in [5.41, 5.74) is 1.24. The van der Waals surface area contributed by atoms with Crippen LogP contribution in [0.3, 0.4) is 0 Å². The first-order valence-electron chi connectivity index (χ1n) is 4.62. The molecule has 0 unspecified atom stereocenters. The Hall–Kier alpha value is -1.84. The molecule has 1 aromatic rings. The van der Waals surface area contributed by atoms with Gasteiger partial charge in [-0.3, -0.25) is 14.5 Å². The van der Waals surface area contributed by atoms with Gasteiger partial charge in [0, 0.05) is 7.05 Å². The number of hydrogen-bond acceptors (Lipinski definition) is 3. The van der Waals surface area contributed by atoms with E-state index in [4.69, 9.17) is 4.74 Å². The molecule has 1 aromatic carbocycles. The second kappa shape index (κ2) is 3.38. The Labute approximate surface area is 87.4 Å². The summed E-state index contributed by atoms with van der Waals surface area (Å²) >= 11 is 0. The minimum absolute atomic E-state index is 0.180. The van der Waals surface area contributed by atoms with Gasteiger partial charge in [-0.2, -0.15) is 0 Å². The highest BCUT2D eigenvalue weighted by molar-refractivity contribution is 6.10. The van der Waals surface area contributed by atoms with Crippen molar-refractivity contribution in [3.05, 3.63) is 29.3 Å². The van der Waals surface area contributed by atoms with Crippen LogP contribution in [0.25, 0.3) is 0 Å². The molecule has 0 aliphatic carbocycles. The van der Waals surface area contributed by atoms with E-state index in [1.165, 1.54) is 14.2 Å². The third-order valence-electron chi connectivity index (χ3n) is 2.57. The van der Waals surface area contributed by atoms with Crippen LogP contribution in [0.4, 0.5) is 0 Å². The molecule has 0 N–H and O–H groups in total. The van der Waals surface area contributed by atoms with Crippen molar-refractivity contribution in [2.45, 2.75) is 6.42 Å². The smallest absolute Gasteiger partial charge is 0.264 e. The monoisotopic (exact) mass is 205 g/mol. The highest BCUT2D eigenvalue weighted by Crippen LogP contribution is 2.27. The number of benzene rings is 1. The van der Waals surface area contributed by atoms with Crippen molar-refractivity contribution in [1.29, 1.82) is 0 Å². The minimum Gasteiger partial charge on any atom is -0.496 e. The molecule has 0 aromatic heterocycles. The van der Waals surface area contributed by atoms with Crippen molar-refractivity contribution >= 4 is 11.8 Å². The molecule has 0 saturated carbocycles. The van der Waals surface area contributed by atoms with Gasteiger partial charge in [0.25, 0.3) is 5.91 Å². The van der Waals surface area contributed by atoms with E-state index in [-0.39, 0.29) is 18.2 Å². The first-order chi connectivity index (χ1) is 7.15. The lowest BCUT2D eigenvalue weighted by atomic mass is 9.98. The van der Waals surface area contributed by atoms with Gasteiger partial charge in [0.1, 0.15) is 5.75 Å². The maximum Gasteiger partial charge on any atom is 0.264 e. The summed E-state index contributed by atoms with van der Waals surface area (Å²) in [7, 11) is 3.00. The molecule has 0 atom stereocenters. The summed E-state index contributed by atoms with van der Waals surface area (Å²) < 4.78 is 5.11. The highest BCUT2D eigenvalue weighted by Gasteiger charge is 2.30. The molecule has 4 nitrogen and oxygen atoms in total. The van der Waals surface area contributed by atoms with E-state index in [2.05, 4.69) is 0 Å². The average molecular weight is 205 g/mol. The summed E-state index contributed by atoms with van der Waals surface area (Å²) in [5, 5.41) is 0. The number of nitrogens with zero attached hydrogens (tertiary/aromatic N) is 1. The molecule has 2 rings (SSSR count). The Bertz CT molecular complexity index is 439. The fourth-order valence-corrected chi connectivity index (χ4v) is 1.70. The topological polar surface area (TPSA) is 46.6 Å². The van der Waals surface area contributed by atoms with E-state index < -0.39 is 0 Å².